The van der Waals surface area contributed by atoms with Crippen molar-refractivity contribution in [3.63, 3.8) is 0 Å². The predicted molar refractivity (Wildman–Crippen MR) is 51.3 cm³/mol. The third-order valence-corrected chi connectivity index (χ3v) is 4.77. The average molecular weight is 207 g/mol. The Morgan fingerprint density at radius 3 is 2.62 bits per heavy atom. The minimum absolute atomic E-state index is 0.169. The molecule has 1 saturated carbocycles. The Kier molecular flexibility index (Phi) is 2.99. The van der Waals surface area contributed by atoms with Crippen molar-refractivity contribution in [1.82, 2.24) is 0 Å². The van der Waals surface area contributed by atoms with E-state index in [1.165, 1.54) is 0 Å². The second-order valence-corrected chi connectivity index (χ2v) is 5.99. The van der Waals surface area contributed by atoms with Gasteiger partial charge in [0.25, 0.3) is 0 Å². The molecular formula is C8H17NO3S. The van der Waals surface area contributed by atoms with E-state index >= 15 is 0 Å². The van der Waals surface area contributed by atoms with Gasteiger partial charge in [-0.3, -0.25) is 0 Å². The van der Waals surface area contributed by atoms with E-state index < -0.39 is 15.4 Å². The number of hydrogen-bond acceptors (Lipinski definition) is 4. The molecule has 2 atom stereocenters. The first-order chi connectivity index (χ1) is 5.96. The molecule has 0 heterocycles. The highest BCUT2D eigenvalue weighted by atomic mass is 32.2. The number of sulfone groups is 1. The van der Waals surface area contributed by atoms with Gasteiger partial charge in [0.05, 0.1) is 17.4 Å². The van der Waals surface area contributed by atoms with Gasteiger partial charge < -0.3 is 10.5 Å². The maximum absolute atomic E-state index is 11.4. The zero-order chi connectivity index (χ0) is 10.1. The molecule has 78 valence electrons. The van der Waals surface area contributed by atoms with E-state index in [1.807, 2.05) is 6.92 Å². The summed E-state index contributed by atoms with van der Waals surface area (Å²) in [5, 5.41) is -0.378. The molecule has 0 aromatic carbocycles. The quantitative estimate of drug-likeness (QED) is 0.685. The van der Waals surface area contributed by atoms with Crippen LogP contribution in [0, 0.1) is 0 Å². The van der Waals surface area contributed by atoms with Crippen LogP contribution in [0.3, 0.4) is 0 Å². The molecule has 5 heteroatoms. The molecule has 0 saturated heterocycles. The third-order valence-electron chi connectivity index (χ3n) is 2.46. The lowest BCUT2D eigenvalue weighted by molar-refractivity contribution is 0.127. The molecule has 1 rings (SSSR count). The fourth-order valence-corrected chi connectivity index (χ4v) is 3.17. The van der Waals surface area contributed by atoms with Crippen LogP contribution in [-0.2, 0) is 14.6 Å². The Morgan fingerprint density at radius 1 is 1.54 bits per heavy atom. The van der Waals surface area contributed by atoms with Crippen LogP contribution in [0.25, 0.3) is 0 Å². The van der Waals surface area contributed by atoms with Crippen molar-refractivity contribution in [3.8, 4) is 0 Å². The highest BCUT2D eigenvalue weighted by Gasteiger charge is 2.58. The molecule has 0 aromatic heterocycles. The summed E-state index contributed by atoms with van der Waals surface area (Å²) >= 11 is 0. The molecule has 4 nitrogen and oxygen atoms in total. The summed E-state index contributed by atoms with van der Waals surface area (Å²) in [7, 11) is -2.97. The first kappa shape index (κ1) is 10.9. The SMILES string of the molecule is CCOC[C@]1(N)C[C@@H]1S(=O)(=O)CC. The van der Waals surface area contributed by atoms with Gasteiger partial charge in [-0.15, -0.1) is 0 Å². The van der Waals surface area contributed by atoms with Crippen LogP contribution in [0.1, 0.15) is 20.3 Å². The Balaban J connectivity index is 2.53. The van der Waals surface area contributed by atoms with Crippen molar-refractivity contribution in [3.05, 3.63) is 0 Å². The molecular weight excluding hydrogens is 190 g/mol. The predicted octanol–water partition coefficient (Wildman–Crippen LogP) is -0.0726. The molecule has 0 aliphatic heterocycles. The second kappa shape index (κ2) is 3.55. The Labute approximate surface area is 79.4 Å². The standard InChI is InChI=1S/C8H17NO3S/c1-3-12-6-8(9)5-7(8)13(10,11)4-2/h7H,3-6,9H2,1-2H3/t7-,8+/m0/s1. The van der Waals surface area contributed by atoms with Crippen molar-refractivity contribution in [2.45, 2.75) is 31.1 Å². The van der Waals surface area contributed by atoms with Crippen molar-refractivity contribution in [2.24, 2.45) is 5.73 Å². The first-order valence-electron chi connectivity index (χ1n) is 4.54. The minimum Gasteiger partial charge on any atom is -0.380 e. The van der Waals surface area contributed by atoms with Gasteiger partial charge in [-0.25, -0.2) is 8.42 Å². The monoisotopic (exact) mass is 207 g/mol. The van der Waals surface area contributed by atoms with E-state index in [0.29, 0.717) is 19.6 Å². The van der Waals surface area contributed by atoms with Crippen LogP contribution >= 0.6 is 0 Å². The second-order valence-electron chi connectivity index (χ2n) is 3.51. The van der Waals surface area contributed by atoms with Gasteiger partial charge >= 0.3 is 0 Å². The van der Waals surface area contributed by atoms with Gasteiger partial charge in [-0.2, -0.15) is 0 Å². The molecule has 0 amide bonds. The fraction of sp³-hybridized carbons (Fsp3) is 1.00. The summed E-state index contributed by atoms with van der Waals surface area (Å²) in [5.74, 6) is 0.169. The van der Waals surface area contributed by atoms with Crippen LogP contribution < -0.4 is 5.73 Å². The normalized spacial score (nSPS) is 33.3. The number of rotatable bonds is 5. The van der Waals surface area contributed by atoms with Gasteiger partial charge in [0.1, 0.15) is 0 Å². The van der Waals surface area contributed by atoms with E-state index in [2.05, 4.69) is 0 Å². The smallest absolute Gasteiger partial charge is 0.154 e. The summed E-state index contributed by atoms with van der Waals surface area (Å²) in [5.41, 5.74) is 5.23. The summed E-state index contributed by atoms with van der Waals surface area (Å²) in [4.78, 5) is 0. The largest absolute Gasteiger partial charge is 0.380 e. The Bertz CT molecular complexity index is 275. The van der Waals surface area contributed by atoms with E-state index in [0.717, 1.165) is 0 Å². The summed E-state index contributed by atoms with van der Waals surface area (Å²) in [6, 6.07) is 0. The van der Waals surface area contributed by atoms with Crippen LogP contribution in [-0.4, -0.2) is 38.2 Å². The van der Waals surface area contributed by atoms with Gasteiger partial charge in [0.15, 0.2) is 9.84 Å². The molecule has 0 radical (unpaired) electrons. The minimum atomic E-state index is -2.97. The summed E-state index contributed by atoms with van der Waals surface area (Å²) in [6.07, 6.45) is 0.545. The fourth-order valence-electron chi connectivity index (χ4n) is 1.42. The summed E-state index contributed by atoms with van der Waals surface area (Å²) < 4.78 is 28.0. The summed E-state index contributed by atoms with van der Waals surface area (Å²) in [6.45, 7) is 4.45. The Hall–Kier alpha value is -0.130. The van der Waals surface area contributed by atoms with E-state index in [1.54, 1.807) is 6.92 Å². The zero-order valence-corrected chi connectivity index (χ0v) is 8.93. The van der Waals surface area contributed by atoms with E-state index in [4.69, 9.17) is 10.5 Å². The van der Waals surface area contributed by atoms with E-state index in [9.17, 15) is 8.42 Å². The number of ether oxygens (including phenoxy) is 1. The van der Waals surface area contributed by atoms with Gasteiger partial charge in [-0.05, 0) is 13.3 Å². The van der Waals surface area contributed by atoms with Crippen molar-refractivity contribution >= 4 is 9.84 Å². The lowest BCUT2D eigenvalue weighted by atomic mass is 10.3. The zero-order valence-electron chi connectivity index (χ0n) is 8.12. The average Bonchev–Trinajstić information content (AvgIpc) is 2.76. The lowest BCUT2D eigenvalue weighted by Gasteiger charge is -2.10. The van der Waals surface area contributed by atoms with Gasteiger partial charge in [0.2, 0.25) is 0 Å². The van der Waals surface area contributed by atoms with Crippen LogP contribution in [0.5, 0.6) is 0 Å². The van der Waals surface area contributed by atoms with Crippen LogP contribution in [0.2, 0.25) is 0 Å². The maximum atomic E-state index is 11.4. The van der Waals surface area contributed by atoms with Crippen molar-refractivity contribution in [1.29, 1.82) is 0 Å². The molecule has 1 aliphatic rings. The molecule has 2 N–H and O–H groups in total. The van der Waals surface area contributed by atoms with E-state index in [-0.39, 0.29) is 11.0 Å². The highest BCUT2D eigenvalue weighted by Crippen LogP contribution is 2.40. The van der Waals surface area contributed by atoms with Gasteiger partial charge in [0, 0.05) is 12.4 Å². The van der Waals surface area contributed by atoms with Crippen LogP contribution in [0.4, 0.5) is 0 Å². The molecule has 0 bridgehead atoms. The third kappa shape index (κ3) is 2.21. The molecule has 0 aromatic rings. The lowest BCUT2D eigenvalue weighted by Crippen LogP contribution is -2.36. The molecule has 0 unspecified atom stereocenters. The highest BCUT2D eigenvalue weighted by molar-refractivity contribution is 7.92. The topological polar surface area (TPSA) is 69.4 Å². The van der Waals surface area contributed by atoms with Crippen LogP contribution in [0.15, 0.2) is 0 Å². The van der Waals surface area contributed by atoms with Crippen molar-refractivity contribution < 1.29 is 13.2 Å². The van der Waals surface area contributed by atoms with Crippen molar-refractivity contribution in [2.75, 3.05) is 19.0 Å². The molecule has 13 heavy (non-hydrogen) atoms. The molecule has 0 spiro atoms. The maximum Gasteiger partial charge on any atom is 0.154 e. The number of hydrogen-bond donors (Lipinski definition) is 1. The molecule has 1 fully saturated rings. The molecule has 1 aliphatic carbocycles. The first-order valence-corrected chi connectivity index (χ1v) is 6.26. The number of nitrogens with two attached hydrogens (primary N) is 1. The van der Waals surface area contributed by atoms with Gasteiger partial charge in [-0.1, -0.05) is 6.92 Å². The Morgan fingerprint density at radius 2 is 2.15 bits per heavy atom.